The SMILES string of the molecule is FC(F)(F)C(Cl)Oc1ccc(Cl)cc1. The fourth-order valence-corrected chi connectivity index (χ4v) is 0.928. The highest BCUT2D eigenvalue weighted by atomic mass is 35.5. The molecule has 0 aromatic heterocycles. The number of ether oxygens (including phenoxy) is 1. The van der Waals surface area contributed by atoms with Gasteiger partial charge in [-0.05, 0) is 24.3 Å². The minimum Gasteiger partial charge on any atom is -0.465 e. The molecule has 0 heterocycles. The van der Waals surface area contributed by atoms with Gasteiger partial charge in [0, 0.05) is 5.02 Å². The molecule has 0 bridgehead atoms. The van der Waals surface area contributed by atoms with Crippen LogP contribution in [0.15, 0.2) is 24.3 Å². The zero-order valence-corrected chi connectivity index (χ0v) is 8.20. The molecule has 1 aromatic rings. The second-order valence-corrected chi connectivity index (χ2v) is 3.26. The van der Waals surface area contributed by atoms with Crippen molar-refractivity contribution in [3.63, 3.8) is 0 Å². The largest absolute Gasteiger partial charge is 0.465 e. The zero-order chi connectivity index (χ0) is 10.8. The van der Waals surface area contributed by atoms with Crippen molar-refractivity contribution in [1.29, 1.82) is 0 Å². The maximum atomic E-state index is 11.9. The highest BCUT2D eigenvalue weighted by Gasteiger charge is 2.40. The molecule has 0 aliphatic carbocycles. The molecule has 1 nitrogen and oxygen atoms in total. The van der Waals surface area contributed by atoms with E-state index in [2.05, 4.69) is 4.74 Å². The molecule has 0 fully saturated rings. The van der Waals surface area contributed by atoms with Crippen molar-refractivity contribution in [2.45, 2.75) is 11.7 Å². The van der Waals surface area contributed by atoms with Gasteiger partial charge < -0.3 is 4.74 Å². The van der Waals surface area contributed by atoms with Crippen molar-refractivity contribution in [1.82, 2.24) is 0 Å². The van der Waals surface area contributed by atoms with Crippen molar-refractivity contribution in [2.75, 3.05) is 0 Å². The molecule has 6 heteroatoms. The maximum Gasteiger partial charge on any atom is 0.440 e. The third-order valence-electron chi connectivity index (χ3n) is 1.31. The molecule has 0 aliphatic heterocycles. The summed E-state index contributed by atoms with van der Waals surface area (Å²) in [4.78, 5) is 0. The lowest BCUT2D eigenvalue weighted by Gasteiger charge is -2.15. The van der Waals surface area contributed by atoms with Crippen LogP contribution in [-0.4, -0.2) is 11.7 Å². The number of hydrogen-bond donors (Lipinski definition) is 0. The van der Waals surface area contributed by atoms with E-state index in [0.29, 0.717) is 5.02 Å². The van der Waals surface area contributed by atoms with E-state index in [1.54, 1.807) is 0 Å². The quantitative estimate of drug-likeness (QED) is 0.719. The van der Waals surface area contributed by atoms with Gasteiger partial charge in [0.2, 0.25) is 0 Å². The standard InChI is InChI=1S/C8H5Cl2F3O/c9-5-1-3-6(4-2-5)14-7(10)8(11,12)13/h1-4,7H. The van der Waals surface area contributed by atoms with Gasteiger partial charge >= 0.3 is 6.18 Å². The monoisotopic (exact) mass is 244 g/mol. The average Bonchev–Trinajstić information content (AvgIpc) is 2.07. The molecule has 14 heavy (non-hydrogen) atoms. The summed E-state index contributed by atoms with van der Waals surface area (Å²) in [5.74, 6) is 0.0201. The molecule has 0 saturated carbocycles. The van der Waals surface area contributed by atoms with Crippen LogP contribution in [0.1, 0.15) is 0 Å². The molecule has 78 valence electrons. The Labute approximate surface area is 88.4 Å². The van der Waals surface area contributed by atoms with E-state index < -0.39 is 11.7 Å². The summed E-state index contributed by atoms with van der Waals surface area (Å²) in [6.45, 7) is 0. The highest BCUT2D eigenvalue weighted by Crippen LogP contribution is 2.28. The van der Waals surface area contributed by atoms with E-state index in [1.165, 1.54) is 24.3 Å². The highest BCUT2D eigenvalue weighted by molar-refractivity contribution is 6.30. The molecule has 0 radical (unpaired) electrons. The fourth-order valence-electron chi connectivity index (χ4n) is 0.699. The van der Waals surface area contributed by atoms with Crippen molar-refractivity contribution in [3.8, 4) is 5.75 Å². The molecule has 0 amide bonds. The molecule has 0 saturated heterocycles. The molecule has 1 unspecified atom stereocenters. The predicted octanol–water partition coefficient (Wildman–Crippen LogP) is 3.85. The van der Waals surface area contributed by atoms with Crippen molar-refractivity contribution >= 4 is 23.2 Å². The Balaban J connectivity index is 2.65. The van der Waals surface area contributed by atoms with Crippen LogP contribution >= 0.6 is 23.2 Å². The van der Waals surface area contributed by atoms with Crippen LogP contribution in [0.3, 0.4) is 0 Å². The first-order valence-electron chi connectivity index (χ1n) is 3.52. The Morgan fingerprint density at radius 1 is 1.14 bits per heavy atom. The maximum absolute atomic E-state index is 11.9. The Morgan fingerprint density at radius 3 is 2.07 bits per heavy atom. The lowest BCUT2D eigenvalue weighted by Crippen LogP contribution is -2.28. The molecular weight excluding hydrogens is 240 g/mol. The lowest BCUT2D eigenvalue weighted by molar-refractivity contribution is -0.169. The normalized spacial score (nSPS) is 13.8. The van der Waals surface area contributed by atoms with Gasteiger partial charge in [0.1, 0.15) is 5.75 Å². The Hall–Kier alpha value is -0.610. The van der Waals surface area contributed by atoms with Crippen LogP contribution in [0.25, 0.3) is 0 Å². The summed E-state index contributed by atoms with van der Waals surface area (Å²) in [5.41, 5.74) is -2.34. The summed E-state index contributed by atoms with van der Waals surface area (Å²) in [5, 5.41) is 0.412. The summed E-state index contributed by atoms with van der Waals surface area (Å²) in [7, 11) is 0. The summed E-state index contributed by atoms with van der Waals surface area (Å²) >= 11 is 10.5. The fraction of sp³-hybridized carbons (Fsp3) is 0.250. The number of rotatable bonds is 2. The molecule has 1 aromatic carbocycles. The van der Waals surface area contributed by atoms with Crippen LogP contribution < -0.4 is 4.74 Å². The number of benzene rings is 1. The zero-order valence-electron chi connectivity index (χ0n) is 6.68. The second kappa shape index (κ2) is 4.28. The van der Waals surface area contributed by atoms with Gasteiger partial charge in [-0.15, -0.1) is 0 Å². The third kappa shape index (κ3) is 3.27. The van der Waals surface area contributed by atoms with Crippen molar-refractivity contribution < 1.29 is 17.9 Å². The van der Waals surface area contributed by atoms with Gasteiger partial charge in [-0.1, -0.05) is 23.2 Å². The van der Waals surface area contributed by atoms with Gasteiger partial charge in [0.15, 0.2) is 0 Å². The first-order chi connectivity index (χ1) is 6.39. The van der Waals surface area contributed by atoms with Gasteiger partial charge in [0.25, 0.3) is 5.56 Å². The molecule has 0 aliphatic rings. The lowest BCUT2D eigenvalue weighted by atomic mass is 10.3. The van der Waals surface area contributed by atoms with Gasteiger partial charge in [0.05, 0.1) is 0 Å². The van der Waals surface area contributed by atoms with Gasteiger partial charge in [-0.2, -0.15) is 13.2 Å². The van der Waals surface area contributed by atoms with Crippen LogP contribution in [-0.2, 0) is 0 Å². The topological polar surface area (TPSA) is 9.23 Å². The number of alkyl halides is 4. The number of halogens is 5. The van der Waals surface area contributed by atoms with E-state index in [4.69, 9.17) is 23.2 Å². The summed E-state index contributed by atoms with van der Waals surface area (Å²) < 4.78 is 40.2. The summed E-state index contributed by atoms with van der Waals surface area (Å²) in [6, 6.07) is 5.45. The molecule has 0 spiro atoms. The second-order valence-electron chi connectivity index (χ2n) is 2.43. The van der Waals surface area contributed by atoms with E-state index in [0.717, 1.165) is 0 Å². The molecule has 0 N–H and O–H groups in total. The minimum absolute atomic E-state index is 0.0201. The van der Waals surface area contributed by atoms with E-state index in [1.807, 2.05) is 0 Å². The smallest absolute Gasteiger partial charge is 0.440 e. The summed E-state index contributed by atoms with van der Waals surface area (Å²) in [6.07, 6.45) is -4.58. The number of hydrogen-bond acceptors (Lipinski definition) is 1. The van der Waals surface area contributed by atoms with Crippen molar-refractivity contribution in [3.05, 3.63) is 29.3 Å². The minimum atomic E-state index is -4.58. The van der Waals surface area contributed by atoms with E-state index in [-0.39, 0.29) is 5.75 Å². The first-order valence-corrected chi connectivity index (χ1v) is 4.34. The first kappa shape index (κ1) is 11.5. The van der Waals surface area contributed by atoms with Crippen LogP contribution in [0.4, 0.5) is 13.2 Å². The van der Waals surface area contributed by atoms with Gasteiger partial charge in [-0.25, -0.2) is 0 Å². The van der Waals surface area contributed by atoms with Crippen LogP contribution in [0, 0.1) is 0 Å². The average molecular weight is 245 g/mol. The van der Waals surface area contributed by atoms with Gasteiger partial charge in [-0.3, -0.25) is 0 Å². The Morgan fingerprint density at radius 2 is 1.64 bits per heavy atom. The predicted molar refractivity (Wildman–Crippen MR) is 47.8 cm³/mol. The Bertz CT molecular complexity index is 296. The van der Waals surface area contributed by atoms with E-state index in [9.17, 15) is 13.2 Å². The molecule has 1 rings (SSSR count). The Kier molecular flexibility index (Phi) is 3.50. The molecule has 1 atom stereocenters. The van der Waals surface area contributed by atoms with Crippen molar-refractivity contribution in [2.24, 2.45) is 0 Å². The van der Waals surface area contributed by atoms with Crippen LogP contribution in [0.5, 0.6) is 5.75 Å². The third-order valence-corrected chi connectivity index (χ3v) is 1.90. The van der Waals surface area contributed by atoms with E-state index >= 15 is 0 Å². The molecular formula is C8H5Cl2F3O. The van der Waals surface area contributed by atoms with Crippen LogP contribution in [0.2, 0.25) is 5.02 Å².